The minimum absolute atomic E-state index is 1.23. The van der Waals surface area contributed by atoms with Gasteiger partial charge in [-0.05, 0) is 24.0 Å². The van der Waals surface area contributed by atoms with E-state index in [1.807, 2.05) is 0 Å². The molecule has 0 unspecified atom stereocenters. The lowest BCUT2D eigenvalue weighted by atomic mass is 10.1. The lowest BCUT2D eigenvalue weighted by molar-refractivity contribution is 0.869. The van der Waals surface area contributed by atoms with Gasteiger partial charge in [-0.15, -0.1) is 0 Å². The van der Waals surface area contributed by atoms with Crippen LogP contribution in [0.15, 0.2) is 12.4 Å². The van der Waals surface area contributed by atoms with Crippen LogP contribution in [0.25, 0.3) is 0 Å². The number of rotatable bonds is 4. The van der Waals surface area contributed by atoms with Crippen LogP contribution in [0.2, 0.25) is 0 Å². The fourth-order valence-corrected chi connectivity index (χ4v) is 1.68. The Morgan fingerprint density at radius 2 is 1.42 bits per heavy atom. The second kappa shape index (κ2) is 4.34. The monoisotopic (exact) mass is 165 g/mol. The third-order valence-electron chi connectivity index (χ3n) is 2.17. The van der Waals surface area contributed by atoms with Crippen LogP contribution in [0.4, 0.5) is 0 Å². The van der Waals surface area contributed by atoms with Crippen molar-refractivity contribution in [2.24, 2.45) is 7.05 Å². The van der Waals surface area contributed by atoms with Crippen molar-refractivity contribution in [1.82, 2.24) is 4.57 Å². The van der Waals surface area contributed by atoms with Crippen molar-refractivity contribution < 1.29 is 0 Å². The summed E-state index contributed by atoms with van der Waals surface area (Å²) in [6.45, 7) is 4.48. The van der Waals surface area contributed by atoms with E-state index >= 15 is 0 Å². The van der Waals surface area contributed by atoms with Gasteiger partial charge in [0.15, 0.2) is 0 Å². The van der Waals surface area contributed by atoms with E-state index in [2.05, 4.69) is 37.9 Å². The van der Waals surface area contributed by atoms with Crippen molar-refractivity contribution in [2.45, 2.75) is 39.5 Å². The van der Waals surface area contributed by atoms with Gasteiger partial charge in [0.1, 0.15) is 0 Å². The largest absolute Gasteiger partial charge is 0.357 e. The highest BCUT2D eigenvalue weighted by Gasteiger charge is 2.02. The van der Waals surface area contributed by atoms with E-state index in [4.69, 9.17) is 0 Å². The molecule has 12 heavy (non-hydrogen) atoms. The van der Waals surface area contributed by atoms with E-state index in [1.54, 1.807) is 11.1 Å². The average molecular weight is 165 g/mol. The first-order valence-electron chi connectivity index (χ1n) is 4.91. The molecule has 1 heteroatoms. The molecule has 0 saturated carbocycles. The Morgan fingerprint density at radius 1 is 1.00 bits per heavy atom. The molecule has 0 aromatic carbocycles. The van der Waals surface area contributed by atoms with Crippen molar-refractivity contribution >= 4 is 0 Å². The number of hydrogen-bond acceptors (Lipinski definition) is 0. The Hall–Kier alpha value is -0.720. The Bertz CT molecular complexity index is 212. The van der Waals surface area contributed by atoms with Crippen LogP contribution in [0.5, 0.6) is 0 Å². The smallest absolute Gasteiger partial charge is 0.0106 e. The zero-order valence-electron chi connectivity index (χ0n) is 8.43. The maximum Gasteiger partial charge on any atom is 0.0106 e. The molecule has 0 aliphatic heterocycles. The fourth-order valence-electron chi connectivity index (χ4n) is 1.68. The minimum atomic E-state index is 1.23. The Kier molecular flexibility index (Phi) is 3.39. The molecule has 1 aromatic rings. The van der Waals surface area contributed by atoms with Crippen LogP contribution in [0.1, 0.15) is 37.8 Å². The van der Waals surface area contributed by atoms with Crippen LogP contribution >= 0.6 is 0 Å². The number of aryl methyl sites for hydroxylation is 3. The maximum atomic E-state index is 2.26. The molecule has 0 bridgehead atoms. The molecule has 1 rings (SSSR count). The third-order valence-corrected chi connectivity index (χ3v) is 2.17. The second-order valence-corrected chi connectivity index (χ2v) is 3.47. The summed E-state index contributed by atoms with van der Waals surface area (Å²) in [5.41, 5.74) is 3.09. The molecule has 0 radical (unpaired) electrons. The summed E-state index contributed by atoms with van der Waals surface area (Å²) in [7, 11) is 2.11. The molecule has 0 amide bonds. The predicted molar refractivity (Wildman–Crippen MR) is 53.4 cm³/mol. The van der Waals surface area contributed by atoms with Crippen LogP contribution in [-0.2, 0) is 19.9 Å². The van der Waals surface area contributed by atoms with Gasteiger partial charge in [0.2, 0.25) is 0 Å². The fraction of sp³-hybridized carbons (Fsp3) is 0.636. The molecular weight excluding hydrogens is 146 g/mol. The van der Waals surface area contributed by atoms with Gasteiger partial charge >= 0.3 is 0 Å². The lowest BCUT2D eigenvalue weighted by Crippen LogP contribution is -1.87. The van der Waals surface area contributed by atoms with Crippen molar-refractivity contribution in [3.63, 3.8) is 0 Å². The molecule has 1 heterocycles. The number of hydrogen-bond donors (Lipinski definition) is 0. The highest BCUT2D eigenvalue weighted by atomic mass is 14.9. The summed E-state index contributed by atoms with van der Waals surface area (Å²) in [6.07, 6.45) is 9.48. The van der Waals surface area contributed by atoms with Gasteiger partial charge in [-0.3, -0.25) is 0 Å². The van der Waals surface area contributed by atoms with Crippen molar-refractivity contribution in [1.29, 1.82) is 0 Å². The molecule has 1 nitrogen and oxygen atoms in total. The molecule has 0 saturated heterocycles. The molecular formula is C11H19N. The zero-order valence-corrected chi connectivity index (χ0v) is 8.43. The summed E-state index contributed by atoms with van der Waals surface area (Å²) in [4.78, 5) is 0. The molecule has 0 atom stereocenters. The van der Waals surface area contributed by atoms with Gasteiger partial charge in [0.25, 0.3) is 0 Å². The maximum absolute atomic E-state index is 2.26. The van der Waals surface area contributed by atoms with Gasteiger partial charge in [-0.25, -0.2) is 0 Å². The first kappa shape index (κ1) is 9.37. The topological polar surface area (TPSA) is 4.93 Å². The van der Waals surface area contributed by atoms with Gasteiger partial charge in [0.05, 0.1) is 0 Å². The Morgan fingerprint density at radius 3 is 1.75 bits per heavy atom. The van der Waals surface area contributed by atoms with Crippen LogP contribution in [0, 0.1) is 0 Å². The van der Waals surface area contributed by atoms with Crippen LogP contribution in [0.3, 0.4) is 0 Å². The SMILES string of the molecule is CCCc1cn(C)cc1CCC. The summed E-state index contributed by atoms with van der Waals surface area (Å²) >= 11 is 0. The zero-order chi connectivity index (χ0) is 8.97. The van der Waals surface area contributed by atoms with Crippen LogP contribution < -0.4 is 0 Å². The summed E-state index contributed by atoms with van der Waals surface area (Å²) in [5.74, 6) is 0. The van der Waals surface area contributed by atoms with Gasteiger partial charge in [-0.1, -0.05) is 26.7 Å². The molecule has 0 aliphatic rings. The van der Waals surface area contributed by atoms with E-state index in [-0.39, 0.29) is 0 Å². The van der Waals surface area contributed by atoms with Gasteiger partial charge in [0, 0.05) is 19.4 Å². The van der Waals surface area contributed by atoms with E-state index < -0.39 is 0 Å². The summed E-state index contributed by atoms with van der Waals surface area (Å²) < 4.78 is 2.18. The summed E-state index contributed by atoms with van der Waals surface area (Å²) in [6, 6.07) is 0. The van der Waals surface area contributed by atoms with Gasteiger partial charge in [-0.2, -0.15) is 0 Å². The van der Waals surface area contributed by atoms with E-state index in [9.17, 15) is 0 Å². The molecule has 1 aromatic heterocycles. The van der Waals surface area contributed by atoms with E-state index in [1.165, 1.54) is 25.7 Å². The predicted octanol–water partition coefficient (Wildman–Crippen LogP) is 2.93. The average Bonchev–Trinajstić information content (AvgIpc) is 2.33. The Balaban J connectivity index is 2.76. The molecule has 68 valence electrons. The number of nitrogens with zero attached hydrogens (tertiary/aromatic N) is 1. The number of aromatic nitrogens is 1. The van der Waals surface area contributed by atoms with E-state index in [0.717, 1.165) is 0 Å². The molecule has 0 fully saturated rings. The highest BCUT2D eigenvalue weighted by molar-refractivity contribution is 5.24. The minimum Gasteiger partial charge on any atom is -0.357 e. The van der Waals surface area contributed by atoms with Gasteiger partial charge < -0.3 is 4.57 Å². The first-order chi connectivity index (χ1) is 5.77. The quantitative estimate of drug-likeness (QED) is 0.646. The highest BCUT2D eigenvalue weighted by Crippen LogP contribution is 2.13. The summed E-state index contributed by atoms with van der Waals surface area (Å²) in [5, 5.41) is 0. The molecule has 0 N–H and O–H groups in total. The third kappa shape index (κ3) is 2.13. The van der Waals surface area contributed by atoms with Crippen LogP contribution in [-0.4, -0.2) is 4.57 Å². The second-order valence-electron chi connectivity index (χ2n) is 3.47. The standard InChI is InChI=1S/C11H19N/c1-4-6-10-8-12(3)9-11(10)7-5-2/h8-9H,4-7H2,1-3H3. The lowest BCUT2D eigenvalue weighted by Gasteiger charge is -1.98. The van der Waals surface area contributed by atoms with Crippen molar-refractivity contribution in [2.75, 3.05) is 0 Å². The molecule has 0 aliphatic carbocycles. The molecule has 0 spiro atoms. The van der Waals surface area contributed by atoms with E-state index in [0.29, 0.717) is 0 Å². The Labute approximate surface area is 75.4 Å². The van der Waals surface area contributed by atoms with Crippen molar-refractivity contribution in [3.8, 4) is 0 Å². The van der Waals surface area contributed by atoms with Crippen molar-refractivity contribution in [3.05, 3.63) is 23.5 Å². The normalized spacial score (nSPS) is 10.6. The first-order valence-corrected chi connectivity index (χ1v) is 4.91.